The van der Waals surface area contributed by atoms with Crippen molar-refractivity contribution in [2.24, 2.45) is 41.4 Å². The monoisotopic (exact) mass is 308 g/mol. The Morgan fingerprint density at radius 2 is 1.45 bits per heavy atom. The highest BCUT2D eigenvalue weighted by atomic mass is 14.4. The average molecular weight is 309 g/mol. The molecule has 1 aliphatic carbocycles. The second-order valence-electron chi connectivity index (χ2n) is 8.61. The van der Waals surface area contributed by atoms with E-state index in [1.807, 2.05) is 0 Å². The lowest BCUT2D eigenvalue weighted by molar-refractivity contribution is 0.130. The molecule has 132 valence electrons. The van der Waals surface area contributed by atoms with Gasteiger partial charge >= 0.3 is 0 Å². The van der Waals surface area contributed by atoms with Crippen molar-refractivity contribution in [2.75, 3.05) is 0 Å². The molecule has 7 unspecified atom stereocenters. The Kier molecular flexibility index (Phi) is 9.10. The van der Waals surface area contributed by atoms with Crippen molar-refractivity contribution in [2.45, 2.75) is 99.8 Å². The predicted octanol–water partition coefficient (Wildman–Crippen LogP) is 7.57. The molecule has 7 atom stereocenters. The summed E-state index contributed by atoms with van der Waals surface area (Å²) in [6.45, 7) is 17.3. The van der Waals surface area contributed by atoms with E-state index in [4.69, 9.17) is 0 Å². The highest BCUT2D eigenvalue weighted by Crippen LogP contribution is 2.42. The smallest absolute Gasteiger partial charge is 0.0383 e. The first-order valence-corrected chi connectivity index (χ1v) is 10.5. The zero-order chi connectivity index (χ0) is 16.7. The van der Waals surface area contributed by atoms with Crippen LogP contribution in [0.4, 0.5) is 0 Å². The third-order valence-corrected chi connectivity index (χ3v) is 7.51. The summed E-state index contributed by atoms with van der Waals surface area (Å²) in [5, 5.41) is 0. The normalized spacial score (nSPS) is 29.0. The lowest BCUT2D eigenvalue weighted by atomic mass is 9.69. The van der Waals surface area contributed by atoms with Gasteiger partial charge in [-0.2, -0.15) is 0 Å². The summed E-state index contributed by atoms with van der Waals surface area (Å²) < 4.78 is 0. The molecule has 0 N–H and O–H groups in total. The minimum absolute atomic E-state index is 0.868. The third kappa shape index (κ3) is 5.27. The molecule has 0 amide bonds. The van der Waals surface area contributed by atoms with Crippen LogP contribution in [0.15, 0.2) is 0 Å². The predicted molar refractivity (Wildman–Crippen MR) is 101 cm³/mol. The minimum atomic E-state index is 0.868. The van der Waals surface area contributed by atoms with Crippen molar-refractivity contribution in [3.05, 3.63) is 0 Å². The molecule has 0 heteroatoms. The van der Waals surface area contributed by atoms with Gasteiger partial charge in [-0.15, -0.1) is 0 Å². The van der Waals surface area contributed by atoms with E-state index in [0.717, 1.165) is 41.4 Å². The summed E-state index contributed by atoms with van der Waals surface area (Å²) in [7, 11) is 0. The van der Waals surface area contributed by atoms with Gasteiger partial charge in [-0.1, -0.05) is 93.4 Å². The topological polar surface area (TPSA) is 0 Å². The van der Waals surface area contributed by atoms with Crippen molar-refractivity contribution in [3.63, 3.8) is 0 Å². The van der Waals surface area contributed by atoms with Crippen LogP contribution in [-0.4, -0.2) is 0 Å². The first-order valence-electron chi connectivity index (χ1n) is 10.5. The van der Waals surface area contributed by atoms with Gasteiger partial charge in [-0.3, -0.25) is 0 Å². The van der Waals surface area contributed by atoms with E-state index in [0.29, 0.717) is 0 Å². The van der Waals surface area contributed by atoms with Crippen molar-refractivity contribution in [1.82, 2.24) is 0 Å². The summed E-state index contributed by atoms with van der Waals surface area (Å²) in [6, 6.07) is 0. The Morgan fingerprint density at radius 3 is 2.00 bits per heavy atom. The number of hydrogen-bond donors (Lipinski definition) is 0. The van der Waals surface area contributed by atoms with Crippen molar-refractivity contribution in [3.8, 4) is 0 Å². The fourth-order valence-corrected chi connectivity index (χ4v) is 5.25. The van der Waals surface area contributed by atoms with E-state index in [1.165, 1.54) is 51.4 Å². The molecule has 1 saturated carbocycles. The van der Waals surface area contributed by atoms with Crippen LogP contribution >= 0.6 is 0 Å². The second-order valence-corrected chi connectivity index (χ2v) is 8.61. The van der Waals surface area contributed by atoms with Crippen LogP contribution in [0, 0.1) is 41.4 Å². The summed E-state index contributed by atoms with van der Waals surface area (Å²) in [4.78, 5) is 0. The van der Waals surface area contributed by atoms with Crippen molar-refractivity contribution >= 4 is 0 Å². The van der Waals surface area contributed by atoms with Gasteiger partial charge in [0.2, 0.25) is 0 Å². The van der Waals surface area contributed by atoms with Gasteiger partial charge in [0.1, 0.15) is 0 Å². The fraction of sp³-hybridized carbons (Fsp3) is 1.00. The van der Waals surface area contributed by atoms with Crippen molar-refractivity contribution < 1.29 is 0 Å². The van der Waals surface area contributed by atoms with Gasteiger partial charge < -0.3 is 0 Å². The van der Waals surface area contributed by atoms with E-state index >= 15 is 0 Å². The molecule has 0 heterocycles. The van der Waals surface area contributed by atoms with E-state index < -0.39 is 0 Å². The van der Waals surface area contributed by atoms with Gasteiger partial charge in [-0.25, -0.2) is 0 Å². The molecule has 22 heavy (non-hydrogen) atoms. The lowest BCUT2D eigenvalue weighted by Crippen LogP contribution is -2.28. The van der Waals surface area contributed by atoms with E-state index in [-0.39, 0.29) is 0 Å². The van der Waals surface area contributed by atoms with Crippen LogP contribution in [0.5, 0.6) is 0 Å². The third-order valence-electron chi connectivity index (χ3n) is 7.51. The molecular formula is C22H44. The number of rotatable bonds is 10. The van der Waals surface area contributed by atoms with Crippen LogP contribution in [0.1, 0.15) is 99.8 Å². The number of hydrogen-bond acceptors (Lipinski definition) is 0. The molecule has 1 fully saturated rings. The second kappa shape index (κ2) is 9.99. The zero-order valence-corrected chi connectivity index (χ0v) is 16.7. The molecular weight excluding hydrogens is 264 g/mol. The van der Waals surface area contributed by atoms with Gasteiger partial charge in [0.05, 0.1) is 0 Å². The molecule has 0 radical (unpaired) electrons. The fourth-order valence-electron chi connectivity index (χ4n) is 5.25. The molecule has 1 aliphatic rings. The quantitative estimate of drug-likeness (QED) is 0.390. The molecule has 0 aromatic rings. The van der Waals surface area contributed by atoms with Crippen LogP contribution in [-0.2, 0) is 0 Å². The maximum atomic E-state index is 2.56. The largest absolute Gasteiger partial charge is 0.0654 e. The maximum absolute atomic E-state index is 2.56. The zero-order valence-electron chi connectivity index (χ0n) is 16.7. The van der Waals surface area contributed by atoms with E-state index in [1.54, 1.807) is 0 Å². The van der Waals surface area contributed by atoms with Gasteiger partial charge in [-0.05, 0) is 47.8 Å². The highest BCUT2D eigenvalue weighted by Gasteiger charge is 2.32. The molecule has 0 spiro atoms. The molecule has 0 saturated heterocycles. The summed E-state index contributed by atoms with van der Waals surface area (Å²) in [5.74, 6) is 6.53. The Labute approximate surface area is 141 Å². The van der Waals surface area contributed by atoms with Crippen LogP contribution in [0.25, 0.3) is 0 Å². The average Bonchev–Trinajstić information content (AvgIpc) is 2.97. The summed E-state index contributed by atoms with van der Waals surface area (Å²) in [6.07, 6.45) is 11.5. The van der Waals surface area contributed by atoms with Crippen LogP contribution in [0.3, 0.4) is 0 Å². The Morgan fingerprint density at radius 1 is 0.818 bits per heavy atom. The first kappa shape index (κ1) is 20.0. The molecule has 0 aromatic carbocycles. The molecule has 0 aliphatic heterocycles. The van der Waals surface area contributed by atoms with Crippen molar-refractivity contribution in [1.29, 1.82) is 0 Å². The van der Waals surface area contributed by atoms with Crippen LogP contribution in [0.2, 0.25) is 0 Å². The Balaban J connectivity index is 2.60. The molecule has 1 rings (SSSR count). The minimum Gasteiger partial charge on any atom is -0.0654 e. The highest BCUT2D eigenvalue weighted by molar-refractivity contribution is 4.83. The Bertz CT molecular complexity index is 282. The SMILES string of the molecule is CCCC(C)C(C)C(C)C(C)C(CC)CC1CCCC1CC. The molecule has 0 nitrogen and oxygen atoms in total. The lowest BCUT2D eigenvalue weighted by Gasteiger charge is -2.36. The van der Waals surface area contributed by atoms with E-state index in [9.17, 15) is 0 Å². The summed E-state index contributed by atoms with van der Waals surface area (Å²) in [5.41, 5.74) is 0. The summed E-state index contributed by atoms with van der Waals surface area (Å²) >= 11 is 0. The molecule has 0 aromatic heterocycles. The molecule has 0 bridgehead atoms. The maximum Gasteiger partial charge on any atom is -0.0383 e. The van der Waals surface area contributed by atoms with Crippen LogP contribution < -0.4 is 0 Å². The standard InChI is InChI=1S/C22H44/c1-8-12-16(4)17(5)18(6)19(7)21(10-3)15-22-14-11-13-20(22)9-2/h16-22H,8-15H2,1-7H3. The van der Waals surface area contributed by atoms with E-state index in [2.05, 4.69) is 48.5 Å². The van der Waals surface area contributed by atoms with Gasteiger partial charge in [0.25, 0.3) is 0 Å². The van der Waals surface area contributed by atoms with Gasteiger partial charge in [0.15, 0.2) is 0 Å². The Hall–Kier alpha value is 0. The first-order chi connectivity index (χ1) is 10.5. The van der Waals surface area contributed by atoms with Gasteiger partial charge in [0, 0.05) is 0 Å².